The molecule has 0 amide bonds. The molecule has 0 N–H and O–H groups in total. The number of sulfone groups is 1. The van der Waals surface area contributed by atoms with Crippen LogP contribution < -0.4 is 0 Å². The second-order valence-electron chi connectivity index (χ2n) is 5.41. The Labute approximate surface area is 95.6 Å². The molecule has 1 aromatic rings. The van der Waals surface area contributed by atoms with E-state index < -0.39 is 9.84 Å². The minimum atomic E-state index is -3.01. The number of fused-ring (bicyclic) bond motifs is 7. The molecule has 3 heteroatoms. The summed E-state index contributed by atoms with van der Waals surface area (Å²) in [7, 11) is -3.01. The van der Waals surface area contributed by atoms with Gasteiger partial charge in [0.2, 0.25) is 0 Å². The fraction of sp³-hybridized carbons (Fsp3) is 0.538. The normalized spacial score (nSPS) is 42.0. The highest BCUT2D eigenvalue weighted by molar-refractivity contribution is 7.92. The molecule has 3 aliphatic rings. The van der Waals surface area contributed by atoms with Crippen molar-refractivity contribution in [1.29, 1.82) is 0 Å². The highest BCUT2D eigenvalue weighted by Gasteiger charge is 2.58. The summed E-state index contributed by atoms with van der Waals surface area (Å²) in [6.45, 7) is 0. The largest absolute Gasteiger partial charge is 0.223 e. The van der Waals surface area contributed by atoms with Gasteiger partial charge < -0.3 is 0 Å². The van der Waals surface area contributed by atoms with Gasteiger partial charge in [-0.3, -0.25) is 0 Å². The summed E-state index contributed by atoms with van der Waals surface area (Å²) in [5, 5.41) is -0.0800. The molecule has 4 rings (SSSR count). The molecule has 2 fully saturated rings. The van der Waals surface area contributed by atoms with Crippen molar-refractivity contribution in [3.05, 3.63) is 29.8 Å². The van der Waals surface area contributed by atoms with Gasteiger partial charge in [-0.25, -0.2) is 8.42 Å². The number of rotatable bonds is 0. The van der Waals surface area contributed by atoms with Crippen LogP contribution in [0, 0.1) is 11.8 Å². The lowest BCUT2D eigenvalue weighted by molar-refractivity contribution is 0.424. The van der Waals surface area contributed by atoms with Crippen LogP contribution in [-0.4, -0.2) is 13.7 Å². The molecule has 2 nitrogen and oxygen atoms in total. The molecule has 0 saturated heterocycles. The molecule has 0 spiro atoms. The molecule has 84 valence electrons. The molecule has 0 radical (unpaired) electrons. The Balaban J connectivity index is 2.02. The maximum Gasteiger partial charge on any atom is 0.182 e. The van der Waals surface area contributed by atoms with Crippen molar-refractivity contribution in [2.45, 2.75) is 35.3 Å². The second-order valence-corrected chi connectivity index (χ2v) is 7.48. The van der Waals surface area contributed by atoms with E-state index in [0.29, 0.717) is 22.6 Å². The van der Waals surface area contributed by atoms with Crippen LogP contribution in [0.2, 0.25) is 0 Å². The van der Waals surface area contributed by atoms with Crippen LogP contribution >= 0.6 is 0 Å². The molecule has 0 aromatic heterocycles. The fourth-order valence-corrected chi connectivity index (χ4v) is 6.88. The fourth-order valence-electron chi connectivity index (χ4n) is 4.28. The smallest absolute Gasteiger partial charge is 0.182 e. The monoisotopic (exact) mass is 234 g/mol. The van der Waals surface area contributed by atoms with Crippen molar-refractivity contribution in [1.82, 2.24) is 0 Å². The maximum atomic E-state index is 12.5. The molecular weight excluding hydrogens is 220 g/mol. The van der Waals surface area contributed by atoms with Crippen molar-refractivity contribution in [3.63, 3.8) is 0 Å². The van der Waals surface area contributed by atoms with Crippen molar-refractivity contribution in [2.75, 3.05) is 0 Å². The molecule has 1 aliphatic heterocycles. The Morgan fingerprint density at radius 2 is 1.81 bits per heavy atom. The summed E-state index contributed by atoms with van der Waals surface area (Å²) in [6.07, 6.45) is 3.50. The lowest BCUT2D eigenvalue weighted by atomic mass is 9.83. The predicted octanol–water partition coefficient (Wildman–Crippen LogP) is 2.36. The molecule has 2 aliphatic carbocycles. The van der Waals surface area contributed by atoms with Gasteiger partial charge in [-0.15, -0.1) is 0 Å². The van der Waals surface area contributed by atoms with Gasteiger partial charge in [0.15, 0.2) is 9.84 Å². The lowest BCUT2D eigenvalue weighted by Gasteiger charge is -2.23. The van der Waals surface area contributed by atoms with E-state index in [0.717, 1.165) is 18.4 Å². The molecule has 1 aromatic carbocycles. The van der Waals surface area contributed by atoms with Gasteiger partial charge in [0.05, 0.1) is 10.1 Å². The third kappa shape index (κ3) is 0.877. The molecular formula is C13H14O2S. The summed E-state index contributed by atoms with van der Waals surface area (Å²) < 4.78 is 24.9. The third-order valence-corrected chi connectivity index (χ3v) is 7.16. The van der Waals surface area contributed by atoms with Crippen LogP contribution in [0.5, 0.6) is 0 Å². The number of hydrogen-bond acceptors (Lipinski definition) is 2. The zero-order chi connectivity index (χ0) is 10.9. The van der Waals surface area contributed by atoms with E-state index in [1.807, 2.05) is 18.2 Å². The highest BCUT2D eigenvalue weighted by Crippen LogP contribution is 2.60. The Kier molecular flexibility index (Phi) is 1.56. The van der Waals surface area contributed by atoms with Crippen molar-refractivity contribution in [2.24, 2.45) is 11.8 Å². The average Bonchev–Trinajstić information content (AvgIpc) is 2.92. The first-order valence-electron chi connectivity index (χ1n) is 6.02. The minimum Gasteiger partial charge on any atom is -0.223 e. The number of benzene rings is 1. The molecule has 16 heavy (non-hydrogen) atoms. The van der Waals surface area contributed by atoms with Gasteiger partial charge in [0.25, 0.3) is 0 Å². The Morgan fingerprint density at radius 3 is 2.69 bits per heavy atom. The van der Waals surface area contributed by atoms with Gasteiger partial charge in [0.1, 0.15) is 0 Å². The first kappa shape index (κ1) is 9.23. The quantitative estimate of drug-likeness (QED) is 0.690. The predicted molar refractivity (Wildman–Crippen MR) is 61.0 cm³/mol. The topological polar surface area (TPSA) is 34.1 Å². The van der Waals surface area contributed by atoms with E-state index in [4.69, 9.17) is 0 Å². The Morgan fingerprint density at radius 1 is 1.06 bits per heavy atom. The van der Waals surface area contributed by atoms with Crippen LogP contribution in [-0.2, 0) is 9.84 Å². The second kappa shape index (κ2) is 2.70. The Bertz CT molecular complexity index is 561. The molecule has 0 unspecified atom stereocenters. The van der Waals surface area contributed by atoms with E-state index in [9.17, 15) is 8.42 Å². The Hall–Kier alpha value is -0.830. The van der Waals surface area contributed by atoms with Crippen LogP contribution in [0.1, 0.15) is 30.7 Å². The summed E-state index contributed by atoms with van der Waals surface area (Å²) >= 11 is 0. The van der Waals surface area contributed by atoms with Gasteiger partial charge in [-0.1, -0.05) is 18.2 Å². The minimum absolute atomic E-state index is 0.0800. The van der Waals surface area contributed by atoms with Gasteiger partial charge in [-0.05, 0) is 42.7 Å². The molecule has 2 bridgehead atoms. The van der Waals surface area contributed by atoms with E-state index in [-0.39, 0.29) is 5.25 Å². The SMILES string of the molecule is O=S1(=O)c2ccccc2[C@@H]2[C@@H]3CC[C@@H](C3)[C@@H]21. The number of hydrogen-bond donors (Lipinski definition) is 0. The lowest BCUT2D eigenvalue weighted by Crippen LogP contribution is -2.27. The van der Waals surface area contributed by atoms with Gasteiger partial charge in [-0.2, -0.15) is 0 Å². The van der Waals surface area contributed by atoms with E-state index >= 15 is 0 Å². The summed E-state index contributed by atoms with van der Waals surface area (Å²) in [6, 6.07) is 7.64. The molecule has 4 atom stereocenters. The standard InChI is InChI=1S/C13H14O2S/c14-16(15)11-4-2-1-3-10(11)12-8-5-6-9(7-8)13(12)16/h1-4,8-9,12-13H,5-7H2/t8-,9+,12+,13+/m1/s1. The first-order chi connectivity index (χ1) is 7.69. The van der Waals surface area contributed by atoms with Crippen LogP contribution in [0.4, 0.5) is 0 Å². The van der Waals surface area contributed by atoms with E-state index in [2.05, 4.69) is 0 Å². The summed E-state index contributed by atoms with van der Waals surface area (Å²) in [4.78, 5) is 0.626. The van der Waals surface area contributed by atoms with E-state index in [1.54, 1.807) is 6.07 Å². The van der Waals surface area contributed by atoms with Crippen LogP contribution in [0.25, 0.3) is 0 Å². The summed E-state index contributed by atoms with van der Waals surface area (Å²) in [5.41, 5.74) is 1.11. The zero-order valence-corrected chi connectivity index (χ0v) is 9.78. The van der Waals surface area contributed by atoms with Crippen LogP contribution in [0.15, 0.2) is 29.2 Å². The van der Waals surface area contributed by atoms with Crippen LogP contribution in [0.3, 0.4) is 0 Å². The van der Waals surface area contributed by atoms with Crippen molar-refractivity contribution >= 4 is 9.84 Å². The maximum absolute atomic E-state index is 12.5. The molecule has 1 heterocycles. The van der Waals surface area contributed by atoms with Crippen molar-refractivity contribution in [3.8, 4) is 0 Å². The first-order valence-corrected chi connectivity index (χ1v) is 7.57. The van der Waals surface area contributed by atoms with Crippen molar-refractivity contribution < 1.29 is 8.42 Å². The van der Waals surface area contributed by atoms with Gasteiger partial charge in [0, 0.05) is 5.92 Å². The molecule has 2 saturated carbocycles. The van der Waals surface area contributed by atoms with E-state index in [1.165, 1.54) is 6.42 Å². The zero-order valence-electron chi connectivity index (χ0n) is 8.96. The highest BCUT2D eigenvalue weighted by atomic mass is 32.2. The van der Waals surface area contributed by atoms with Gasteiger partial charge >= 0.3 is 0 Å². The average molecular weight is 234 g/mol. The summed E-state index contributed by atoms with van der Waals surface area (Å²) in [5.74, 6) is 1.39. The third-order valence-electron chi connectivity index (χ3n) is 4.78.